The maximum absolute atomic E-state index is 13.4. The summed E-state index contributed by atoms with van der Waals surface area (Å²) in [7, 11) is 1.35. The number of hydrogen-bond acceptors (Lipinski definition) is 7. The van der Waals surface area contributed by atoms with Crippen molar-refractivity contribution >= 4 is 18.0 Å². The molecule has 0 aliphatic carbocycles. The molecule has 0 saturated heterocycles. The lowest BCUT2D eigenvalue weighted by Crippen LogP contribution is -2.40. The van der Waals surface area contributed by atoms with Gasteiger partial charge in [-0.05, 0) is 82.9 Å². The molecule has 0 radical (unpaired) electrons. The molecule has 0 saturated carbocycles. The average molecular weight is 641 g/mol. The Morgan fingerprint density at radius 2 is 1.30 bits per heavy atom. The number of alkyl carbamates (subject to hydrolysis) is 1. The summed E-state index contributed by atoms with van der Waals surface area (Å²) in [5.74, 6) is 0.501. The number of carbonyl (C=O) groups excluding carboxylic acids is 3. The first-order valence-electron chi connectivity index (χ1n) is 16.9. The molecule has 2 amide bonds. The van der Waals surface area contributed by atoms with Crippen molar-refractivity contribution in [2.45, 2.75) is 117 Å². The number of amides is 2. The Kier molecular flexibility index (Phi) is 17.0. The molecule has 1 unspecified atom stereocenters. The van der Waals surface area contributed by atoms with E-state index in [0.717, 1.165) is 51.4 Å². The highest BCUT2D eigenvalue weighted by atomic mass is 16.6. The predicted octanol–water partition coefficient (Wildman–Crippen LogP) is 8.48. The zero-order valence-electron chi connectivity index (χ0n) is 29.1. The SMILES string of the molecule is CCCCCCOc1ccc(C(=O)NCCC(CC)NC(=O)OC(C)(C)C)cc1-c1cc(C(=O)OC)ccc1OCCCCCC. The lowest BCUT2D eigenvalue weighted by atomic mass is 9.98. The number of methoxy groups -OCH3 is 1. The van der Waals surface area contributed by atoms with Crippen LogP contribution in [-0.2, 0) is 9.47 Å². The predicted molar refractivity (Wildman–Crippen MR) is 183 cm³/mol. The Hall–Kier alpha value is -3.75. The second-order valence-corrected chi connectivity index (χ2v) is 12.5. The van der Waals surface area contributed by atoms with Gasteiger partial charge in [-0.3, -0.25) is 4.79 Å². The van der Waals surface area contributed by atoms with Gasteiger partial charge in [0.2, 0.25) is 0 Å². The molecule has 2 aromatic rings. The molecule has 0 spiro atoms. The first kappa shape index (κ1) is 38.4. The molecule has 46 heavy (non-hydrogen) atoms. The maximum Gasteiger partial charge on any atom is 0.407 e. The molecule has 0 aromatic heterocycles. The van der Waals surface area contributed by atoms with Gasteiger partial charge in [-0.1, -0.05) is 59.3 Å². The number of unbranched alkanes of at least 4 members (excludes halogenated alkanes) is 6. The quantitative estimate of drug-likeness (QED) is 0.110. The van der Waals surface area contributed by atoms with E-state index in [1.165, 1.54) is 7.11 Å². The minimum absolute atomic E-state index is 0.146. The molecule has 0 heterocycles. The molecular formula is C37H56N2O7. The van der Waals surface area contributed by atoms with Crippen molar-refractivity contribution in [2.24, 2.45) is 0 Å². The van der Waals surface area contributed by atoms with Gasteiger partial charge < -0.3 is 29.6 Å². The molecule has 0 aliphatic rings. The van der Waals surface area contributed by atoms with Crippen LogP contribution in [0.2, 0.25) is 0 Å². The van der Waals surface area contributed by atoms with Crippen molar-refractivity contribution in [3.8, 4) is 22.6 Å². The van der Waals surface area contributed by atoms with E-state index in [2.05, 4.69) is 24.5 Å². The second-order valence-electron chi connectivity index (χ2n) is 12.5. The molecule has 2 aromatic carbocycles. The van der Waals surface area contributed by atoms with E-state index in [4.69, 9.17) is 18.9 Å². The summed E-state index contributed by atoms with van der Waals surface area (Å²) in [4.78, 5) is 38.1. The summed E-state index contributed by atoms with van der Waals surface area (Å²) in [5, 5.41) is 5.86. The van der Waals surface area contributed by atoms with Gasteiger partial charge in [0.15, 0.2) is 0 Å². The van der Waals surface area contributed by atoms with Crippen LogP contribution in [0.25, 0.3) is 11.1 Å². The van der Waals surface area contributed by atoms with Crippen molar-refractivity contribution in [1.29, 1.82) is 0 Å². The number of benzene rings is 2. The van der Waals surface area contributed by atoms with Gasteiger partial charge in [0.25, 0.3) is 5.91 Å². The summed E-state index contributed by atoms with van der Waals surface area (Å²) >= 11 is 0. The molecule has 1 atom stereocenters. The van der Waals surface area contributed by atoms with Crippen molar-refractivity contribution in [3.63, 3.8) is 0 Å². The fourth-order valence-electron chi connectivity index (χ4n) is 4.86. The standard InChI is InChI=1S/C37H56N2O7/c1-8-11-13-15-23-44-32-19-17-27(34(40)38-22-21-29(10-3)39-36(42)46-37(4,5)6)25-30(32)31-26-28(35(41)43-7)18-20-33(31)45-24-16-14-12-9-2/h17-20,25-26,29H,8-16,21-24H2,1-7H3,(H,38,40)(H,39,42). The summed E-state index contributed by atoms with van der Waals surface area (Å²) in [5.41, 5.74) is 1.55. The van der Waals surface area contributed by atoms with E-state index in [-0.39, 0.29) is 11.9 Å². The number of ether oxygens (including phenoxy) is 4. The average Bonchev–Trinajstić information content (AvgIpc) is 3.02. The van der Waals surface area contributed by atoms with Crippen LogP contribution in [-0.4, -0.2) is 56.5 Å². The molecule has 9 heteroatoms. The first-order chi connectivity index (χ1) is 22.0. The fraction of sp³-hybridized carbons (Fsp3) is 0.595. The van der Waals surface area contributed by atoms with Gasteiger partial charge in [-0.25, -0.2) is 9.59 Å². The minimum atomic E-state index is -0.587. The van der Waals surface area contributed by atoms with Crippen LogP contribution < -0.4 is 20.1 Å². The van der Waals surface area contributed by atoms with Crippen molar-refractivity contribution < 1.29 is 33.3 Å². The van der Waals surface area contributed by atoms with Crippen LogP contribution in [0.4, 0.5) is 4.79 Å². The highest BCUT2D eigenvalue weighted by Gasteiger charge is 2.21. The summed E-state index contributed by atoms with van der Waals surface area (Å²) in [6.45, 7) is 13.2. The molecule has 0 bridgehead atoms. The zero-order valence-corrected chi connectivity index (χ0v) is 29.1. The van der Waals surface area contributed by atoms with Crippen LogP contribution in [0.5, 0.6) is 11.5 Å². The third kappa shape index (κ3) is 13.7. The normalized spacial score (nSPS) is 11.8. The second kappa shape index (κ2) is 20.4. The molecule has 256 valence electrons. The van der Waals surface area contributed by atoms with E-state index < -0.39 is 17.7 Å². The Balaban J connectivity index is 2.33. The van der Waals surface area contributed by atoms with Gasteiger partial charge in [-0.2, -0.15) is 0 Å². The van der Waals surface area contributed by atoms with E-state index in [0.29, 0.717) is 66.4 Å². The number of esters is 1. The highest BCUT2D eigenvalue weighted by molar-refractivity contribution is 5.97. The molecule has 2 N–H and O–H groups in total. The van der Waals surface area contributed by atoms with E-state index in [1.807, 2.05) is 27.7 Å². The van der Waals surface area contributed by atoms with E-state index in [1.54, 1.807) is 36.4 Å². The number of nitrogens with one attached hydrogen (secondary N) is 2. The van der Waals surface area contributed by atoms with Crippen molar-refractivity contribution in [3.05, 3.63) is 47.5 Å². The van der Waals surface area contributed by atoms with Crippen molar-refractivity contribution in [2.75, 3.05) is 26.9 Å². The Bertz CT molecular complexity index is 1240. The van der Waals surface area contributed by atoms with Crippen LogP contribution in [0, 0.1) is 0 Å². The number of hydrogen-bond donors (Lipinski definition) is 2. The summed E-state index contributed by atoms with van der Waals surface area (Å²) in [6.07, 6.45) is 9.27. The third-order valence-electron chi connectivity index (χ3n) is 7.44. The Labute approximate surface area is 276 Å². The van der Waals surface area contributed by atoms with Crippen LogP contribution in [0.1, 0.15) is 126 Å². The van der Waals surface area contributed by atoms with Crippen molar-refractivity contribution in [1.82, 2.24) is 10.6 Å². The lowest BCUT2D eigenvalue weighted by Gasteiger charge is -2.23. The van der Waals surface area contributed by atoms with Gasteiger partial charge >= 0.3 is 12.1 Å². The topological polar surface area (TPSA) is 112 Å². The zero-order chi connectivity index (χ0) is 34.0. The smallest absolute Gasteiger partial charge is 0.407 e. The van der Waals surface area contributed by atoms with Crippen LogP contribution in [0.3, 0.4) is 0 Å². The van der Waals surface area contributed by atoms with Gasteiger partial charge in [-0.15, -0.1) is 0 Å². The van der Waals surface area contributed by atoms with E-state index >= 15 is 0 Å². The van der Waals surface area contributed by atoms with E-state index in [9.17, 15) is 14.4 Å². The molecule has 2 rings (SSSR count). The highest BCUT2D eigenvalue weighted by Crippen LogP contribution is 2.38. The van der Waals surface area contributed by atoms with Crippen LogP contribution in [0.15, 0.2) is 36.4 Å². The van der Waals surface area contributed by atoms with Gasteiger partial charge in [0, 0.05) is 29.3 Å². The maximum atomic E-state index is 13.4. The minimum Gasteiger partial charge on any atom is -0.493 e. The lowest BCUT2D eigenvalue weighted by molar-refractivity contribution is 0.0499. The summed E-state index contributed by atoms with van der Waals surface area (Å²) in [6, 6.07) is 10.4. The Morgan fingerprint density at radius 1 is 0.761 bits per heavy atom. The molecule has 0 aliphatic heterocycles. The largest absolute Gasteiger partial charge is 0.493 e. The first-order valence-corrected chi connectivity index (χ1v) is 16.9. The van der Waals surface area contributed by atoms with Crippen LogP contribution >= 0.6 is 0 Å². The number of rotatable bonds is 20. The monoisotopic (exact) mass is 640 g/mol. The molecule has 0 fully saturated rings. The third-order valence-corrected chi connectivity index (χ3v) is 7.44. The summed E-state index contributed by atoms with van der Waals surface area (Å²) < 4.78 is 22.9. The Morgan fingerprint density at radius 3 is 1.80 bits per heavy atom. The number of carbonyl (C=O) groups is 3. The van der Waals surface area contributed by atoms with Gasteiger partial charge in [0.1, 0.15) is 17.1 Å². The fourth-order valence-corrected chi connectivity index (χ4v) is 4.86. The molecular weight excluding hydrogens is 584 g/mol. The molecule has 9 nitrogen and oxygen atoms in total. The van der Waals surface area contributed by atoms with Gasteiger partial charge in [0.05, 0.1) is 25.9 Å².